The van der Waals surface area contributed by atoms with Crippen molar-refractivity contribution >= 4 is 5.91 Å². The number of amides is 1. The molecule has 0 saturated heterocycles. The topological polar surface area (TPSA) is 82.6 Å². The van der Waals surface area contributed by atoms with E-state index in [1.54, 1.807) is 24.4 Å². The van der Waals surface area contributed by atoms with Gasteiger partial charge in [-0.05, 0) is 19.1 Å². The molecule has 1 amide bonds. The van der Waals surface area contributed by atoms with Crippen LogP contribution in [-0.2, 0) is 0 Å². The predicted octanol–water partition coefficient (Wildman–Crippen LogP) is 1.32. The van der Waals surface area contributed by atoms with Crippen molar-refractivity contribution in [1.29, 1.82) is 0 Å². The summed E-state index contributed by atoms with van der Waals surface area (Å²) in [5.74, 6) is 1.76. The van der Waals surface area contributed by atoms with Gasteiger partial charge in [0.2, 0.25) is 6.79 Å². The lowest BCUT2D eigenvalue weighted by Gasteiger charge is -2.08. The number of carbonyl (C=O) groups excluding carboxylic acids is 1. The van der Waals surface area contributed by atoms with E-state index in [9.17, 15) is 4.79 Å². The molecule has 0 spiro atoms. The fourth-order valence-electron chi connectivity index (χ4n) is 1.90. The fourth-order valence-corrected chi connectivity index (χ4v) is 1.90. The standard InChI is InChI=1S/C15H15N3O4/c1-10-7-18-12(8-17-10)15(19)16-4-5-20-11-2-3-13-14(6-11)22-9-21-13/h2-3,6-8H,4-5,9H2,1H3,(H,16,19). The number of hydrogen-bond acceptors (Lipinski definition) is 6. The normalized spacial score (nSPS) is 12.0. The average Bonchev–Trinajstić information content (AvgIpc) is 2.99. The van der Waals surface area contributed by atoms with Gasteiger partial charge < -0.3 is 19.5 Å². The van der Waals surface area contributed by atoms with Crippen molar-refractivity contribution in [2.45, 2.75) is 6.92 Å². The number of hydrogen-bond donors (Lipinski definition) is 1. The number of carbonyl (C=O) groups is 1. The van der Waals surface area contributed by atoms with E-state index in [0.29, 0.717) is 30.4 Å². The van der Waals surface area contributed by atoms with Gasteiger partial charge in [0.25, 0.3) is 5.91 Å². The van der Waals surface area contributed by atoms with E-state index in [1.807, 2.05) is 6.92 Å². The second kappa shape index (κ2) is 6.30. The first-order valence-electron chi connectivity index (χ1n) is 6.82. The number of aromatic nitrogens is 2. The minimum Gasteiger partial charge on any atom is -0.492 e. The van der Waals surface area contributed by atoms with E-state index in [0.717, 1.165) is 5.69 Å². The Hall–Kier alpha value is -2.83. The Morgan fingerprint density at radius 2 is 2.14 bits per heavy atom. The summed E-state index contributed by atoms with van der Waals surface area (Å²) in [6, 6.07) is 5.34. The van der Waals surface area contributed by atoms with Crippen molar-refractivity contribution in [3.63, 3.8) is 0 Å². The quantitative estimate of drug-likeness (QED) is 0.839. The Kier molecular flexibility index (Phi) is 4.04. The molecule has 7 nitrogen and oxygen atoms in total. The van der Waals surface area contributed by atoms with Crippen molar-refractivity contribution in [1.82, 2.24) is 15.3 Å². The number of aryl methyl sites for hydroxylation is 1. The lowest BCUT2D eigenvalue weighted by atomic mass is 10.3. The van der Waals surface area contributed by atoms with E-state index in [4.69, 9.17) is 14.2 Å². The molecule has 1 N–H and O–H groups in total. The van der Waals surface area contributed by atoms with Crippen molar-refractivity contribution in [2.24, 2.45) is 0 Å². The van der Waals surface area contributed by atoms with E-state index in [-0.39, 0.29) is 18.4 Å². The first-order valence-corrected chi connectivity index (χ1v) is 6.82. The van der Waals surface area contributed by atoms with Gasteiger partial charge in [0.15, 0.2) is 11.5 Å². The van der Waals surface area contributed by atoms with Gasteiger partial charge in [-0.1, -0.05) is 0 Å². The molecule has 1 aromatic heterocycles. The second-order valence-corrected chi connectivity index (χ2v) is 4.66. The van der Waals surface area contributed by atoms with Gasteiger partial charge in [-0.3, -0.25) is 9.78 Å². The third kappa shape index (κ3) is 3.25. The third-order valence-corrected chi connectivity index (χ3v) is 3.01. The van der Waals surface area contributed by atoms with Crippen LogP contribution in [0.4, 0.5) is 0 Å². The smallest absolute Gasteiger partial charge is 0.271 e. The summed E-state index contributed by atoms with van der Waals surface area (Å²) in [5.41, 5.74) is 1.05. The molecule has 22 heavy (non-hydrogen) atoms. The summed E-state index contributed by atoms with van der Waals surface area (Å²) in [7, 11) is 0. The molecule has 0 atom stereocenters. The Bertz CT molecular complexity index is 673. The van der Waals surface area contributed by atoms with Crippen molar-refractivity contribution < 1.29 is 19.0 Å². The SMILES string of the molecule is Cc1cnc(C(=O)NCCOc2ccc3c(c2)OCO3)cn1. The summed E-state index contributed by atoms with van der Waals surface area (Å²) < 4.78 is 16.0. The highest BCUT2D eigenvalue weighted by atomic mass is 16.7. The number of fused-ring (bicyclic) bond motifs is 1. The van der Waals surface area contributed by atoms with Crippen LogP contribution in [0.3, 0.4) is 0 Å². The lowest BCUT2D eigenvalue weighted by Crippen LogP contribution is -2.28. The van der Waals surface area contributed by atoms with E-state index in [2.05, 4.69) is 15.3 Å². The number of benzene rings is 1. The van der Waals surface area contributed by atoms with Crippen LogP contribution in [0.5, 0.6) is 17.2 Å². The molecular formula is C15H15N3O4. The molecule has 0 fully saturated rings. The van der Waals surface area contributed by atoms with Crippen LogP contribution in [0.15, 0.2) is 30.6 Å². The highest BCUT2D eigenvalue weighted by Crippen LogP contribution is 2.34. The number of nitrogens with one attached hydrogen (secondary N) is 1. The molecule has 1 aliphatic heterocycles. The van der Waals surface area contributed by atoms with Gasteiger partial charge in [0.05, 0.1) is 18.4 Å². The molecule has 0 aliphatic carbocycles. The zero-order valence-electron chi connectivity index (χ0n) is 12.0. The zero-order chi connectivity index (χ0) is 15.4. The molecule has 0 radical (unpaired) electrons. The fraction of sp³-hybridized carbons (Fsp3) is 0.267. The highest BCUT2D eigenvalue weighted by molar-refractivity contribution is 5.91. The first-order chi connectivity index (χ1) is 10.7. The van der Waals surface area contributed by atoms with Gasteiger partial charge >= 0.3 is 0 Å². The highest BCUT2D eigenvalue weighted by Gasteiger charge is 2.13. The molecule has 0 saturated carbocycles. The summed E-state index contributed by atoms with van der Waals surface area (Å²) >= 11 is 0. The van der Waals surface area contributed by atoms with Crippen LogP contribution in [0.1, 0.15) is 16.2 Å². The molecule has 1 aromatic carbocycles. The summed E-state index contributed by atoms with van der Waals surface area (Å²) in [6.45, 7) is 2.74. The third-order valence-electron chi connectivity index (χ3n) is 3.01. The van der Waals surface area contributed by atoms with E-state index in [1.165, 1.54) is 6.20 Å². The lowest BCUT2D eigenvalue weighted by molar-refractivity contribution is 0.0941. The van der Waals surface area contributed by atoms with Crippen LogP contribution in [-0.4, -0.2) is 35.8 Å². The van der Waals surface area contributed by atoms with Gasteiger partial charge in [0.1, 0.15) is 18.1 Å². The maximum atomic E-state index is 11.8. The Balaban J connectivity index is 1.45. The molecule has 3 rings (SSSR count). The van der Waals surface area contributed by atoms with E-state index >= 15 is 0 Å². The molecule has 0 unspecified atom stereocenters. The van der Waals surface area contributed by atoms with Crippen molar-refractivity contribution in [3.8, 4) is 17.2 Å². The predicted molar refractivity (Wildman–Crippen MR) is 77.2 cm³/mol. The molecule has 1 aliphatic rings. The molecule has 2 heterocycles. The maximum Gasteiger partial charge on any atom is 0.271 e. The van der Waals surface area contributed by atoms with Crippen LogP contribution < -0.4 is 19.5 Å². The number of ether oxygens (including phenoxy) is 3. The van der Waals surface area contributed by atoms with Crippen molar-refractivity contribution in [3.05, 3.63) is 42.0 Å². The van der Waals surface area contributed by atoms with Crippen molar-refractivity contribution in [2.75, 3.05) is 19.9 Å². The minimum atomic E-state index is -0.276. The van der Waals surface area contributed by atoms with Crippen LogP contribution >= 0.6 is 0 Å². The maximum absolute atomic E-state index is 11.8. The van der Waals surface area contributed by atoms with Gasteiger partial charge in [0, 0.05) is 12.3 Å². The minimum absolute atomic E-state index is 0.229. The molecule has 7 heteroatoms. The Morgan fingerprint density at radius 3 is 2.95 bits per heavy atom. The summed E-state index contributed by atoms with van der Waals surface area (Å²) in [4.78, 5) is 19.9. The Labute approximate surface area is 127 Å². The van der Waals surface area contributed by atoms with Crippen LogP contribution in [0, 0.1) is 6.92 Å². The zero-order valence-corrected chi connectivity index (χ0v) is 12.0. The Morgan fingerprint density at radius 1 is 1.27 bits per heavy atom. The first kappa shape index (κ1) is 14.1. The van der Waals surface area contributed by atoms with E-state index < -0.39 is 0 Å². The number of rotatable bonds is 5. The van der Waals surface area contributed by atoms with Gasteiger partial charge in [-0.25, -0.2) is 4.98 Å². The summed E-state index contributed by atoms with van der Waals surface area (Å²) in [6.07, 6.45) is 3.00. The average molecular weight is 301 g/mol. The van der Waals surface area contributed by atoms with Gasteiger partial charge in [-0.15, -0.1) is 0 Å². The number of nitrogens with zero attached hydrogens (tertiary/aromatic N) is 2. The molecule has 2 aromatic rings. The monoisotopic (exact) mass is 301 g/mol. The summed E-state index contributed by atoms with van der Waals surface area (Å²) in [5, 5.41) is 2.72. The second-order valence-electron chi connectivity index (χ2n) is 4.66. The van der Waals surface area contributed by atoms with Crippen LogP contribution in [0.2, 0.25) is 0 Å². The molecular weight excluding hydrogens is 286 g/mol. The molecule has 0 bridgehead atoms. The molecule has 114 valence electrons. The van der Waals surface area contributed by atoms with Crippen LogP contribution in [0.25, 0.3) is 0 Å². The largest absolute Gasteiger partial charge is 0.492 e. The van der Waals surface area contributed by atoms with Gasteiger partial charge in [-0.2, -0.15) is 0 Å².